The van der Waals surface area contributed by atoms with E-state index in [9.17, 15) is 0 Å². The third kappa shape index (κ3) is 1.19. The number of benzene rings is 1. The van der Waals surface area contributed by atoms with Crippen LogP contribution in [0.25, 0.3) is 4.85 Å². The highest BCUT2D eigenvalue weighted by Crippen LogP contribution is 2.20. The molecule has 0 saturated heterocycles. The van der Waals surface area contributed by atoms with Crippen LogP contribution in [-0.4, -0.2) is 0 Å². The molecule has 0 saturated carbocycles. The Morgan fingerprint density at radius 3 is 3.00 bits per heavy atom. The molecule has 60 valence electrons. The maximum atomic E-state index is 6.73. The van der Waals surface area contributed by atoms with E-state index in [4.69, 9.17) is 11.3 Å². The summed E-state index contributed by atoms with van der Waals surface area (Å²) in [5.74, 6) is 0. The number of hydrogen-bond donors (Lipinski definition) is 0. The van der Waals surface area contributed by atoms with Gasteiger partial charge >= 0.3 is 0 Å². The largest absolute Gasteiger partial charge is 0.372 e. The molecule has 0 unspecified atom stereocenters. The van der Waals surface area contributed by atoms with Gasteiger partial charge in [-0.15, -0.1) is 0 Å². The van der Waals surface area contributed by atoms with Gasteiger partial charge in [0.15, 0.2) is 0 Å². The molecule has 2 rings (SSSR count). The monoisotopic (exact) mass is 159 g/mol. The molecule has 0 atom stereocenters. The summed E-state index contributed by atoms with van der Waals surface area (Å²) >= 11 is 0. The molecule has 1 aromatic carbocycles. The van der Waals surface area contributed by atoms with Crippen molar-refractivity contribution in [2.45, 2.75) is 19.8 Å². The standard InChI is InChI=1S/C10H9NO/c1-11-5-8-2-3-9-6-12-7-10(9)4-8/h2-4H,5-7H2. The molecule has 1 aliphatic rings. The summed E-state index contributed by atoms with van der Waals surface area (Å²) in [6.45, 7) is 8.65. The van der Waals surface area contributed by atoms with Gasteiger partial charge in [0.25, 0.3) is 0 Å². The Morgan fingerprint density at radius 1 is 1.33 bits per heavy atom. The smallest absolute Gasteiger partial charge is 0.239 e. The van der Waals surface area contributed by atoms with E-state index in [2.05, 4.69) is 17.0 Å². The molecular weight excluding hydrogens is 150 g/mol. The molecule has 2 nitrogen and oxygen atoms in total. The average molecular weight is 159 g/mol. The fourth-order valence-electron chi connectivity index (χ4n) is 1.42. The first-order valence-corrected chi connectivity index (χ1v) is 3.92. The van der Waals surface area contributed by atoms with Gasteiger partial charge in [-0.2, -0.15) is 0 Å². The van der Waals surface area contributed by atoms with E-state index in [1.54, 1.807) is 0 Å². The molecule has 0 fully saturated rings. The van der Waals surface area contributed by atoms with Crippen LogP contribution in [0.2, 0.25) is 0 Å². The molecule has 0 radical (unpaired) electrons. The Hall–Kier alpha value is -1.33. The normalized spacial score (nSPS) is 13.9. The summed E-state index contributed by atoms with van der Waals surface area (Å²) in [5.41, 5.74) is 3.61. The van der Waals surface area contributed by atoms with Crippen LogP contribution in [0.3, 0.4) is 0 Å². The van der Waals surface area contributed by atoms with Gasteiger partial charge in [-0.1, -0.05) is 12.1 Å². The zero-order chi connectivity index (χ0) is 8.39. The summed E-state index contributed by atoms with van der Waals surface area (Å²) in [6.07, 6.45) is 0. The van der Waals surface area contributed by atoms with Gasteiger partial charge in [-0.25, -0.2) is 6.57 Å². The quantitative estimate of drug-likeness (QED) is 0.572. The van der Waals surface area contributed by atoms with Crippen LogP contribution in [0.15, 0.2) is 18.2 Å². The number of rotatable bonds is 1. The minimum Gasteiger partial charge on any atom is -0.372 e. The third-order valence-electron chi connectivity index (χ3n) is 2.05. The first kappa shape index (κ1) is 7.33. The molecule has 0 spiro atoms. The number of hydrogen-bond acceptors (Lipinski definition) is 1. The van der Waals surface area contributed by atoms with Crippen molar-refractivity contribution in [1.29, 1.82) is 0 Å². The highest BCUT2D eigenvalue weighted by atomic mass is 16.5. The lowest BCUT2D eigenvalue weighted by molar-refractivity contribution is 0.134. The van der Waals surface area contributed by atoms with Crippen molar-refractivity contribution >= 4 is 0 Å². The first-order valence-electron chi connectivity index (χ1n) is 3.92. The summed E-state index contributed by atoms with van der Waals surface area (Å²) in [5, 5.41) is 0. The Morgan fingerprint density at radius 2 is 2.17 bits per heavy atom. The minimum atomic E-state index is 0.479. The lowest BCUT2D eigenvalue weighted by atomic mass is 10.1. The van der Waals surface area contributed by atoms with Crippen molar-refractivity contribution in [2.24, 2.45) is 0 Å². The van der Waals surface area contributed by atoms with Gasteiger partial charge in [0.05, 0.1) is 13.2 Å². The molecule has 0 bridgehead atoms. The Bertz CT molecular complexity index is 338. The number of nitrogens with zero attached hydrogens (tertiary/aromatic N) is 1. The minimum absolute atomic E-state index is 0.479. The van der Waals surface area contributed by atoms with Gasteiger partial charge in [0.1, 0.15) is 0 Å². The predicted octanol–water partition coefficient (Wildman–Crippen LogP) is 2.14. The molecule has 2 heteroatoms. The Balaban J connectivity index is 2.34. The fraction of sp³-hybridized carbons (Fsp3) is 0.300. The van der Waals surface area contributed by atoms with E-state index in [1.165, 1.54) is 11.1 Å². The summed E-state index contributed by atoms with van der Waals surface area (Å²) < 4.78 is 5.27. The second-order valence-electron chi connectivity index (χ2n) is 2.91. The van der Waals surface area contributed by atoms with Crippen LogP contribution in [0, 0.1) is 6.57 Å². The van der Waals surface area contributed by atoms with E-state index in [0.717, 1.165) is 12.2 Å². The topological polar surface area (TPSA) is 13.6 Å². The lowest BCUT2D eigenvalue weighted by Crippen LogP contribution is -1.85. The summed E-state index contributed by atoms with van der Waals surface area (Å²) in [4.78, 5) is 3.34. The highest BCUT2D eigenvalue weighted by molar-refractivity contribution is 5.33. The van der Waals surface area contributed by atoms with E-state index in [1.807, 2.05) is 6.07 Å². The Kier molecular flexibility index (Phi) is 1.81. The molecule has 1 aliphatic heterocycles. The van der Waals surface area contributed by atoms with E-state index < -0.39 is 0 Å². The molecule has 0 aliphatic carbocycles. The third-order valence-corrected chi connectivity index (χ3v) is 2.05. The van der Waals surface area contributed by atoms with Crippen molar-refractivity contribution in [3.05, 3.63) is 46.3 Å². The Labute approximate surface area is 71.6 Å². The number of fused-ring (bicyclic) bond motifs is 1. The van der Waals surface area contributed by atoms with E-state index in [0.29, 0.717) is 13.2 Å². The van der Waals surface area contributed by atoms with Gasteiger partial charge in [-0.3, -0.25) is 0 Å². The second-order valence-corrected chi connectivity index (χ2v) is 2.91. The molecular formula is C10H9NO. The van der Waals surface area contributed by atoms with E-state index >= 15 is 0 Å². The number of ether oxygens (including phenoxy) is 1. The maximum absolute atomic E-state index is 6.73. The van der Waals surface area contributed by atoms with E-state index in [-0.39, 0.29) is 0 Å². The summed E-state index contributed by atoms with van der Waals surface area (Å²) in [6, 6.07) is 6.13. The molecule has 1 heterocycles. The van der Waals surface area contributed by atoms with Gasteiger partial charge in [0, 0.05) is 5.56 Å². The highest BCUT2D eigenvalue weighted by Gasteiger charge is 2.11. The van der Waals surface area contributed by atoms with Crippen molar-refractivity contribution in [3.63, 3.8) is 0 Å². The SMILES string of the molecule is [C-]#[N+]Cc1ccc2c(c1)COC2. The second kappa shape index (κ2) is 2.96. The molecule has 0 aromatic heterocycles. The zero-order valence-electron chi connectivity index (χ0n) is 6.71. The van der Waals surface area contributed by atoms with Gasteiger partial charge < -0.3 is 9.58 Å². The van der Waals surface area contributed by atoms with Crippen molar-refractivity contribution < 1.29 is 4.74 Å². The van der Waals surface area contributed by atoms with Crippen LogP contribution in [-0.2, 0) is 24.5 Å². The van der Waals surface area contributed by atoms with Crippen molar-refractivity contribution in [1.82, 2.24) is 0 Å². The van der Waals surface area contributed by atoms with Crippen molar-refractivity contribution in [3.8, 4) is 0 Å². The lowest BCUT2D eigenvalue weighted by Gasteiger charge is -1.96. The fourth-order valence-corrected chi connectivity index (χ4v) is 1.42. The van der Waals surface area contributed by atoms with Gasteiger partial charge in [-0.05, 0) is 17.2 Å². The van der Waals surface area contributed by atoms with Gasteiger partial charge in [0.2, 0.25) is 6.54 Å². The maximum Gasteiger partial charge on any atom is 0.239 e. The van der Waals surface area contributed by atoms with Crippen LogP contribution < -0.4 is 0 Å². The predicted molar refractivity (Wildman–Crippen MR) is 45.2 cm³/mol. The van der Waals surface area contributed by atoms with Crippen molar-refractivity contribution in [2.75, 3.05) is 0 Å². The molecule has 12 heavy (non-hydrogen) atoms. The zero-order valence-corrected chi connectivity index (χ0v) is 6.71. The van der Waals surface area contributed by atoms with Crippen LogP contribution in [0.4, 0.5) is 0 Å². The molecule has 1 aromatic rings. The molecule has 0 N–H and O–H groups in total. The summed E-state index contributed by atoms with van der Waals surface area (Å²) in [7, 11) is 0. The first-order chi connectivity index (χ1) is 5.90. The van der Waals surface area contributed by atoms with Crippen LogP contribution in [0.5, 0.6) is 0 Å². The van der Waals surface area contributed by atoms with Crippen LogP contribution in [0.1, 0.15) is 16.7 Å². The van der Waals surface area contributed by atoms with Crippen LogP contribution >= 0.6 is 0 Å². The molecule has 0 amide bonds. The average Bonchev–Trinajstić information content (AvgIpc) is 2.51.